The Labute approximate surface area is 131 Å². The zero-order chi connectivity index (χ0) is 16.0. The molecule has 0 N–H and O–H groups in total. The van der Waals surface area contributed by atoms with Crippen molar-refractivity contribution in [2.45, 2.75) is 62.5 Å². The maximum atomic E-state index is 12.9. The zero-order valence-electron chi connectivity index (χ0n) is 11.4. The van der Waals surface area contributed by atoms with Gasteiger partial charge in [-0.15, -0.1) is 0 Å². The van der Waals surface area contributed by atoms with Gasteiger partial charge in [0.15, 0.2) is 16.3 Å². The van der Waals surface area contributed by atoms with Gasteiger partial charge in [0.25, 0.3) is 0 Å². The molecule has 0 fully saturated rings. The van der Waals surface area contributed by atoms with E-state index in [0.717, 1.165) is 0 Å². The molecule has 0 aromatic rings. The molecule has 0 aliphatic heterocycles. The predicted octanol–water partition coefficient (Wildman–Crippen LogP) is 0.759. The van der Waals surface area contributed by atoms with Crippen molar-refractivity contribution in [3.05, 3.63) is 0 Å². The van der Waals surface area contributed by atoms with Gasteiger partial charge in [0, 0.05) is 6.42 Å². The Bertz CT molecular complexity index is 385. The topological polar surface area (TPSA) is 57.2 Å². The number of halogens is 6. The van der Waals surface area contributed by atoms with Crippen LogP contribution >= 0.6 is 0 Å². The molecule has 0 saturated carbocycles. The second kappa shape index (κ2) is 9.28. The van der Waals surface area contributed by atoms with Crippen LogP contribution < -0.4 is 18.9 Å². The average molecular weight is 336 g/mol. The van der Waals surface area contributed by atoms with Crippen molar-refractivity contribution in [3.63, 3.8) is 0 Å². The summed E-state index contributed by atoms with van der Waals surface area (Å²) in [5.41, 5.74) is 0. The summed E-state index contributed by atoms with van der Waals surface area (Å²) in [7, 11) is -6.05. The smallest absolute Gasteiger partial charge is 0.743 e. The van der Waals surface area contributed by atoms with E-state index in [9.17, 15) is 39.3 Å². The van der Waals surface area contributed by atoms with E-state index < -0.39 is 40.6 Å². The summed E-state index contributed by atoms with van der Waals surface area (Å²) >= 11 is 0. The van der Waals surface area contributed by atoms with Gasteiger partial charge in [0.05, 0.1) is 0 Å². The van der Waals surface area contributed by atoms with Crippen LogP contribution in [0.1, 0.15) is 44.9 Å². The molecule has 0 heterocycles. The predicted molar refractivity (Wildman–Crippen MR) is 57.9 cm³/mol. The van der Waals surface area contributed by atoms with E-state index in [-0.39, 0.29) is 44.5 Å². The van der Waals surface area contributed by atoms with E-state index in [1.54, 1.807) is 0 Å². The fraction of sp³-hybridized carbons (Fsp3) is 1.00. The van der Waals surface area contributed by atoms with Crippen molar-refractivity contribution in [1.82, 2.24) is 0 Å². The second-order valence-electron chi connectivity index (χ2n) is 4.41. The molecule has 0 spiro atoms. The maximum Gasteiger partial charge on any atom is 1.00 e. The van der Waals surface area contributed by atoms with Crippen LogP contribution in [0.3, 0.4) is 0 Å². The molecule has 1 unspecified atom stereocenters. The molecule has 3 nitrogen and oxygen atoms in total. The summed E-state index contributed by atoms with van der Waals surface area (Å²) in [5.74, 6) is 0. The van der Waals surface area contributed by atoms with Crippen LogP contribution in [0.5, 0.6) is 0 Å². The molecular formula is C10H15F6LiO3S. The van der Waals surface area contributed by atoms with E-state index in [1.807, 2.05) is 0 Å². The van der Waals surface area contributed by atoms with Crippen LogP contribution in [0.15, 0.2) is 0 Å². The van der Waals surface area contributed by atoms with Crippen LogP contribution in [-0.2, 0) is 10.1 Å². The molecular weight excluding hydrogens is 321 g/mol. The number of hydrogen-bond donors (Lipinski definition) is 0. The Morgan fingerprint density at radius 3 is 1.76 bits per heavy atom. The minimum absolute atomic E-state index is 0. The molecule has 0 bridgehead atoms. The van der Waals surface area contributed by atoms with Gasteiger partial charge in [-0.3, -0.25) is 0 Å². The number of hydrogen-bond acceptors (Lipinski definition) is 3. The SMILES string of the molecule is O=S(=O)([O-])C(F)(F)C(F)CCCCCCCC(F)(F)F.[Li+]. The van der Waals surface area contributed by atoms with Crippen molar-refractivity contribution in [2.24, 2.45) is 0 Å². The van der Waals surface area contributed by atoms with Gasteiger partial charge in [-0.1, -0.05) is 25.7 Å². The summed E-state index contributed by atoms with van der Waals surface area (Å²) in [6.07, 6.45) is -8.64. The minimum Gasteiger partial charge on any atom is -0.743 e. The third-order valence-electron chi connectivity index (χ3n) is 2.62. The maximum absolute atomic E-state index is 12.9. The van der Waals surface area contributed by atoms with Gasteiger partial charge in [0.1, 0.15) is 0 Å². The van der Waals surface area contributed by atoms with E-state index in [2.05, 4.69) is 0 Å². The number of alkyl halides is 6. The Kier molecular flexibility index (Phi) is 10.3. The van der Waals surface area contributed by atoms with E-state index in [4.69, 9.17) is 0 Å². The Hall–Kier alpha value is 0.0874. The molecule has 0 radical (unpaired) electrons. The van der Waals surface area contributed by atoms with Crippen molar-refractivity contribution in [2.75, 3.05) is 0 Å². The summed E-state index contributed by atoms with van der Waals surface area (Å²) < 4.78 is 104. The van der Waals surface area contributed by atoms with Crippen molar-refractivity contribution >= 4 is 10.1 Å². The monoisotopic (exact) mass is 336 g/mol. The third kappa shape index (κ3) is 9.66. The molecule has 0 aromatic heterocycles. The Balaban J connectivity index is 0. The van der Waals surface area contributed by atoms with Gasteiger partial charge in [0.2, 0.25) is 0 Å². The number of unbranched alkanes of at least 4 members (excludes halogenated alkanes) is 4. The average Bonchev–Trinajstić information content (AvgIpc) is 2.24. The molecule has 0 aliphatic rings. The normalized spacial score (nSPS) is 14.6. The van der Waals surface area contributed by atoms with Gasteiger partial charge in [-0.2, -0.15) is 22.0 Å². The standard InChI is InChI=1S/C10H16F6O3S.Li/c11-8(10(15,16)20(17,18)19)6-4-2-1-3-5-7-9(12,13)14;/h8H,1-7H2,(H,17,18,19);/q;+1/p-1. The molecule has 11 heteroatoms. The van der Waals surface area contributed by atoms with E-state index in [0.29, 0.717) is 6.42 Å². The fourth-order valence-electron chi connectivity index (χ4n) is 1.50. The molecule has 122 valence electrons. The van der Waals surface area contributed by atoms with Gasteiger partial charge in [-0.05, 0) is 12.8 Å². The van der Waals surface area contributed by atoms with Crippen LogP contribution in [0.25, 0.3) is 0 Å². The van der Waals surface area contributed by atoms with Crippen molar-refractivity contribution in [3.8, 4) is 0 Å². The van der Waals surface area contributed by atoms with E-state index >= 15 is 0 Å². The molecule has 0 rings (SSSR count). The third-order valence-corrected chi connectivity index (χ3v) is 3.54. The molecule has 1 atom stereocenters. The number of rotatable bonds is 9. The summed E-state index contributed by atoms with van der Waals surface area (Å²) in [4.78, 5) is 0. The largest absolute Gasteiger partial charge is 1.00 e. The van der Waals surface area contributed by atoms with Crippen molar-refractivity contribution < 1.29 is 58.2 Å². The van der Waals surface area contributed by atoms with Crippen LogP contribution in [-0.4, -0.2) is 30.6 Å². The summed E-state index contributed by atoms with van der Waals surface area (Å²) in [6, 6.07) is 0. The fourth-order valence-corrected chi connectivity index (χ4v) is 1.94. The first-order valence-electron chi connectivity index (χ1n) is 5.92. The Morgan fingerprint density at radius 2 is 1.33 bits per heavy atom. The summed E-state index contributed by atoms with van der Waals surface area (Å²) in [5, 5.41) is -4.97. The second-order valence-corrected chi connectivity index (χ2v) is 5.86. The first-order chi connectivity index (χ1) is 8.88. The zero-order valence-corrected chi connectivity index (χ0v) is 12.2. The first kappa shape index (κ1) is 23.4. The Morgan fingerprint density at radius 1 is 0.905 bits per heavy atom. The first-order valence-corrected chi connectivity index (χ1v) is 7.33. The van der Waals surface area contributed by atoms with Gasteiger partial charge < -0.3 is 4.55 Å². The quantitative estimate of drug-likeness (QED) is 0.270. The van der Waals surface area contributed by atoms with E-state index in [1.165, 1.54) is 0 Å². The van der Waals surface area contributed by atoms with Gasteiger partial charge in [-0.25, -0.2) is 12.8 Å². The van der Waals surface area contributed by atoms with Crippen LogP contribution in [0, 0.1) is 0 Å². The van der Waals surface area contributed by atoms with Crippen LogP contribution in [0.2, 0.25) is 0 Å². The van der Waals surface area contributed by atoms with Gasteiger partial charge >= 0.3 is 30.3 Å². The minimum atomic E-state index is -6.05. The van der Waals surface area contributed by atoms with Crippen molar-refractivity contribution in [1.29, 1.82) is 0 Å². The molecule has 0 saturated heterocycles. The molecule has 0 aromatic carbocycles. The molecule has 21 heavy (non-hydrogen) atoms. The molecule has 0 aliphatic carbocycles. The molecule has 0 amide bonds. The van der Waals surface area contributed by atoms with Crippen LogP contribution in [0.4, 0.5) is 26.3 Å². The summed E-state index contributed by atoms with van der Waals surface area (Å²) in [6.45, 7) is 0.